The molecule has 1 heterocycles. The van der Waals surface area contributed by atoms with E-state index < -0.39 is 4.92 Å². The van der Waals surface area contributed by atoms with E-state index in [1.807, 2.05) is 6.92 Å². The lowest BCUT2D eigenvalue weighted by Gasteiger charge is -2.11. The van der Waals surface area contributed by atoms with Crippen molar-refractivity contribution >= 4 is 11.6 Å². The van der Waals surface area contributed by atoms with E-state index >= 15 is 0 Å². The number of amides is 1. The number of hydrogen-bond acceptors (Lipinski definition) is 4. The summed E-state index contributed by atoms with van der Waals surface area (Å²) in [4.78, 5) is 22.5. The van der Waals surface area contributed by atoms with E-state index in [2.05, 4.69) is 10.6 Å². The Morgan fingerprint density at radius 3 is 2.95 bits per heavy atom. The Bertz CT molecular complexity index is 496. The summed E-state index contributed by atoms with van der Waals surface area (Å²) in [6, 6.07) is 4.76. The molecule has 0 radical (unpaired) electrons. The fraction of sp³-hybridized carbons (Fsp3) is 0.462. The van der Waals surface area contributed by atoms with Gasteiger partial charge >= 0.3 is 0 Å². The Morgan fingerprint density at radius 2 is 2.37 bits per heavy atom. The molecule has 1 saturated heterocycles. The molecule has 6 heteroatoms. The highest BCUT2D eigenvalue weighted by molar-refractivity contribution is 5.95. The SMILES string of the molecule is CCc1ccc(C(=O)NC2CCNC2)cc1[N+](=O)[O-]. The van der Waals surface area contributed by atoms with Crippen LogP contribution in [-0.4, -0.2) is 30.0 Å². The van der Waals surface area contributed by atoms with Crippen LogP contribution in [0.15, 0.2) is 18.2 Å². The third-order valence-electron chi connectivity index (χ3n) is 3.32. The number of nitrogens with zero attached hydrogens (tertiary/aromatic N) is 1. The third-order valence-corrected chi connectivity index (χ3v) is 3.32. The zero-order chi connectivity index (χ0) is 13.8. The summed E-state index contributed by atoms with van der Waals surface area (Å²) in [7, 11) is 0. The first-order chi connectivity index (χ1) is 9.11. The van der Waals surface area contributed by atoms with Gasteiger partial charge in [-0.3, -0.25) is 14.9 Å². The van der Waals surface area contributed by atoms with Crippen molar-refractivity contribution in [3.05, 3.63) is 39.4 Å². The van der Waals surface area contributed by atoms with Crippen molar-refractivity contribution < 1.29 is 9.72 Å². The van der Waals surface area contributed by atoms with E-state index in [1.165, 1.54) is 6.07 Å². The zero-order valence-electron chi connectivity index (χ0n) is 10.8. The van der Waals surface area contributed by atoms with Gasteiger partial charge in [0.05, 0.1) is 4.92 Å². The van der Waals surface area contributed by atoms with Crippen molar-refractivity contribution in [2.45, 2.75) is 25.8 Å². The van der Waals surface area contributed by atoms with Gasteiger partial charge in [-0.2, -0.15) is 0 Å². The highest BCUT2D eigenvalue weighted by Crippen LogP contribution is 2.21. The first kappa shape index (κ1) is 13.5. The molecule has 2 N–H and O–H groups in total. The fourth-order valence-electron chi connectivity index (χ4n) is 2.22. The van der Waals surface area contributed by atoms with Gasteiger partial charge in [0.1, 0.15) is 0 Å². The van der Waals surface area contributed by atoms with Crippen molar-refractivity contribution in [3.63, 3.8) is 0 Å². The van der Waals surface area contributed by atoms with Gasteiger partial charge < -0.3 is 10.6 Å². The van der Waals surface area contributed by atoms with Gasteiger partial charge in [0, 0.05) is 29.8 Å². The number of carbonyl (C=O) groups is 1. The van der Waals surface area contributed by atoms with Crippen LogP contribution in [0, 0.1) is 10.1 Å². The summed E-state index contributed by atoms with van der Waals surface area (Å²) in [6.07, 6.45) is 1.46. The minimum absolute atomic E-state index is 0.0136. The number of benzene rings is 1. The molecule has 1 aliphatic heterocycles. The lowest BCUT2D eigenvalue weighted by atomic mass is 10.1. The van der Waals surface area contributed by atoms with Crippen LogP contribution in [0.3, 0.4) is 0 Å². The molecule has 6 nitrogen and oxygen atoms in total. The minimum Gasteiger partial charge on any atom is -0.348 e. The molecule has 1 aliphatic rings. The van der Waals surface area contributed by atoms with E-state index in [4.69, 9.17) is 0 Å². The van der Waals surface area contributed by atoms with E-state index in [0.29, 0.717) is 17.5 Å². The summed E-state index contributed by atoms with van der Waals surface area (Å²) < 4.78 is 0. The second-order valence-electron chi connectivity index (χ2n) is 4.62. The maximum atomic E-state index is 12.0. The van der Waals surface area contributed by atoms with Crippen molar-refractivity contribution in [2.24, 2.45) is 0 Å². The average molecular weight is 263 g/mol. The molecular formula is C13H17N3O3. The molecule has 1 amide bonds. The average Bonchev–Trinajstić information content (AvgIpc) is 2.90. The van der Waals surface area contributed by atoms with E-state index in [-0.39, 0.29) is 17.6 Å². The number of carbonyl (C=O) groups excluding carboxylic acids is 1. The van der Waals surface area contributed by atoms with Crippen molar-refractivity contribution in [1.29, 1.82) is 0 Å². The number of nitro groups is 1. The first-order valence-corrected chi connectivity index (χ1v) is 6.40. The summed E-state index contributed by atoms with van der Waals surface area (Å²) in [6.45, 7) is 3.49. The van der Waals surface area contributed by atoms with Crippen LogP contribution in [0.1, 0.15) is 29.3 Å². The number of rotatable bonds is 4. The molecule has 1 unspecified atom stereocenters. The molecule has 0 bridgehead atoms. The second-order valence-corrected chi connectivity index (χ2v) is 4.62. The van der Waals surface area contributed by atoms with Gasteiger partial charge in [0.15, 0.2) is 0 Å². The Labute approximate surface area is 111 Å². The number of nitro benzene ring substituents is 1. The molecule has 1 aromatic carbocycles. The minimum atomic E-state index is -0.438. The molecule has 0 aromatic heterocycles. The molecule has 1 atom stereocenters. The van der Waals surface area contributed by atoms with E-state index in [0.717, 1.165) is 19.5 Å². The maximum absolute atomic E-state index is 12.0. The number of aryl methyl sites for hydroxylation is 1. The summed E-state index contributed by atoms with van der Waals surface area (Å²) >= 11 is 0. The quantitative estimate of drug-likeness (QED) is 0.632. The largest absolute Gasteiger partial charge is 0.348 e. The monoisotopic (exact) mass is 263 g/mol. The summed E-state index contributed by atoms with van der Waals surface area (Å²) in [5.41, 5.74) is 1.000. The van der Waals surface area contributed by atoms with E-state index in [9.17, 15) is 14.9 Å². The molecule has 0 spiro atoms. The van der Waals surface area contributed by atoms with Crippen LogP contribution in [0.2, 0.25) is 0 Å². The standard InChI is InChI=1S/C13H17N3O3/c1-2-9-3-4-10(7-12(9)16(18)19)13(17)15-11-5-6-14-8-11/h3-4,7,11,14H,2,5-6,8H2,1H3,(H,15,17). The van der Waals surface area contributed by atoms with Crippen molar-refractivity contribution in [3.8, 4) is 0 Å². The van der Waals surface area contributed by atoms with Gasteiger partial charge in [-0.05, 0) is 25.5 Å². The highest BCUT2D eigenvalue weighted by atomic mass is 16.6. The maximum Gasteiger partial charge on any atom is 0.273 e. The smallest absolute Gasteiger partial charge is 0.273 e. The van der Waals surface area contributed by atoms with Gasteiger partial charge in [-0.1, -0.05) is 13.0 Å². The van der Waals surface area contributed by atoms with Crippen LogP contribution < -0.4 is 10.6 Å². The Kier molecular flexibility index (Phi) is 4.11. The summed E-state index contributed by atoms with van der Waals surface area (Å²) in [5.74, 6) is -0.251. The molecule has 0 saturated carbocycles. The highest BCUT2D eigenvalue weighted by Gasteiger charge is 2.20. The van der Waals surface area contributed by atoms with Crippen LogP contribution >= 0.6 is 0 Å². The fourth-order valence-corrected chi connectivity index (χ4v) is 2.22. The Morgan fingerprint density at radius 1 is 1.58 bits per heavy atom. The molecule has 102 valence electrons. The van der Waals surface area contributed by atoms with Gasteiger partial charge in [-0.25, -0.2) is 0 Å². The van der Waals surface area contributed by atoms with Crippen LogP contribution in [0.5, 0.6) is 0 Å². The van der Waals surface area contributed by atoms with Gasteiger partial charge in [0.2, 0.25) is 0 Å². The molecule has 1 aromatic rings. The topological polar surface area (TPSA) is 84.3 Å². The lowest BCUT2D eigenvalue weighted by Crippen LogP contribution is -2.36. The number of hydrogen-bond donors (Lipinski definition) is 2. The van der Waals surface area contributed by atoms with Crippen molar-refractivity contribution in [2.75, 3.05) is 13.1 Å². The van der Waals surface area contributed by atoms with E-state index in [1.54, 1.807) is 12.1 Å². The van der Waals surface area contributed by atoms with Gasteiger partial charge in [-0.15, -0.1) is 0 Å². The number of nitrogens with one attached hydrogen (secondary N) is 2. The Balaban J connectivity index is 2.17. The predicted octanol–water partition coefficient (Wildman–Crippen LogP) is 1.25. The van der Waals surface area contributed by atoms with Crippen LogP contribution in [0.25, 0.3) is 0 Å². The lowest BCUT2D eigenvalue weighted by molar-refractivity contribution is -0.385. The Hall–Kier alpha value is -1.95. The third kappa shape index (κ3) is 3.08. The molecular weight excluding hydrogens is 246 g/mol. The molecule has 1 fully saturated rings. The molecule has 19 heavy (non-hydrogen) atoms. The normalized spacial score (nSPS) is 18.3. The second kappa shape index (κ2) is 5.79. The molecule has 0 aliphatic carbocycles. The molecule has 2 rings (SSSR count). The van der Waals surface area contributed by atoms with Crippen LogP contribution in [-0.2, 0) is 6.42 Å². The van der Waals surface area contributed by atoms with Crippen LogP contribution in [0.4, 0.5) is 5.69 Å². The summed E-state index contributed by atoms with van der Waals surface area (Å²) in [5, 5.41) is 17.0. The van der Waals surface area contributed by atoms with Crippen molar-refractivity contribution in [1.82, 2.24) is 10.6 Å². The predicted molar refractivity (Wildman–Crippen MR) is 71.2 cm³/mol. The zero-order valence-corrected chi connectivity index (χ0v) is 10.8. The first-order valence-electron chi connectivity index (χ1n) is 6.40. The van der Waals surface area contributed by atoms with Gasteiger partial charge in [0.25, 0.3) is 11.6 Å².